The van der Waals surface area contributed by atoms with Gasteiger partial charge in [-0.15, -0.1) is 11.8 Å². The van der Waals surface area contributed by atoms with E-state index in [0.717, 1.165) is 31.2 Å². The number of rotatable bonds is 5. The van der Waals surface area contributed by atoms with Gasteiger partial charge in [-0.3, -0.25) is 14.4 Å². The SMILES string of the molecule is NC(=O)[C@@H]1CSCC(=O)N1C1(C(=O)NCc2ccccc2)CCCCCC1. The molecule has 1 aromatic rings. The van der Waals surface area contributed by atoms with E-state index in [9.17, 15) is 14.4 Å². The summed E-state index contributed by atoms with van der Waals surface area (Å²) in [6.07, 6.45) is 4.95. The first-order valence-corrected chi connectivity index (χ1v) is 10.7. The monoisotopic (exact) mass is 389 g/mol. The Balaban J connectivity index is 1.89. The molecule has 2 fully saturated rings. The van der Waals surface area contributed by atoms with Crippen molar-refractivity contribution in [2.45, 2.75) is 56.7 Å². The van der Waals surface area contributed by atoms with E-state index in [1.54, 1.807) is 0 Å². The first kappa shape index (κ1) is 19.7. The number of thioether (sulfide) groups is 1. The normalized spacial score (nSPS) is 22.7. The first-order valence-electron chi connectivity index (χ1n) is 9.56. The molecule has 3 amide bonds. The number of primary amides is 1. The van der Waals surface area contributed by atoms with Crippen LogP contribution in [0.3, 0.4) is 0 Å². The van der Waals surface area contributed by atoms with Crippen molar-refractivity contribution in [3.63, 3.8) is 0 Å². The number of benzene rings is 1. The maximum absolute atomic E-state index is 13.4. The molecule has 1 heterocycles. The third-order valence-corrected chi connectivity index (χ3v) is 6.52. The molecule has 0 aromatic heterocycles. The summed E-state index contributed by atoms with van der Waals surface area (Å²) >= 11 is 1.41. The Morgan fingerprint density at radius 1 is 1.15 bits per heavy atom. The second-order valence-electron chi connectivity index (χ2n) is 7.31. The lowest BCUT2D eigenvalue weighted by atomic mass is 9.85. The van der Waals surface area contributed by atoms with E-state index < -0.39 is 17.5 Å². The lowest BCUT2D eigenvalue weighted by Crippen LogP contribution is -2.68. The van der Waals surface area contributed by atoms with Gasteiger partial charge in [0.2, 0.25) is 17.7 Å². The summed E-state index contributed by atoms with van der Waals surface area (Å²) in [5, 5.41) is 3.02. The Bertz CT molecular complexity index is 687. The molecule has 1 saturated heterocycles. The summed E-state index contributed by atoms with van der Waals surface area (Å²) in [4.78, 5) is 39.8. The minimum absolute atomic E-state index is 0.160. The summed E-state index contributed by atoms with van der Waals surface area (Å²) in [7, 11) is 0. The predicted molar refractivity (Wildman–Crippen MR) is 106 cm³/mol. The van der Waals surface area contributed by atoms with E-state index in [-0.39, 0.29) is 17.6 Å². The van der Waals surface area contributed by atoms with Crippen LogP contribution in [-0.2, 0) is 20.9 Å². The Morgan fingerprint density at radius 3 is 2.44 bits per heavy atom. The van der Waals surface area contributed by atoms with Crippen LogP contribution in [0.15, 0.2) is 30.3 Å². The van der Waals surface area contributed by atoms with Gasteiger partial charge in [-0.1, -0.05) is 56.0 Å². The molecule has 1 aromatic carbocycles. The fourth-order valence-electron chi connectivity index (χ4n) is 4.16. The minimum Gasteiger partial charge on any atom is -0.368 e. The van der Waals surface area contributed by atoms with Crippen molar-refractivity contribution in [1.29, 1.82) is 0 Å². The molecule has 1 atom stereocenters. The number of nitrogens with one attached hydrogen (secondary N) is 1. The average Bonchev–Trinajstić information content (AvgIpc) is 2.93. The summed E-state index contributed by atoms with van der Waals surface area (Å²) in [6, 6.07) is 8.97. The highest BCUT2D eigenvalue weighted by molar-refractivity contribution is 8.00. The number of nitrogens with zero attached hydrogens (tertiary/aromatic N) is 1. The van der Waals surface area contributed by atoms with Gasteiger partial charge in [0.1, 0.15) is 11.6 Å². The number of carbonyl (C=O) groups excluding carboxylic acids is 3. The number of hydrogen-bond acceptors (Lipinski definition) is 4. The van der Waals surface area contributed by atoms with E-state index in [4.69, 9.17) is 5.73 Å². The van der Waals surface area contributed by atoms with E-state index >= 15 is 0 Å². The van der Waals surface area contributed by atoms with Gasteiger partial charge < -0.3 is 16.0 Å². The maximum atomic E-state index is 13.4. The molecule has 1 aliphatic heterocycles. The molecule has 0 spiro atoms. The van der Waals surface area contributed by atoms with Gasteiger partial charge in [-0.2, -0.15) is 0 Å². The molecule has 6 nitrogen and oxygen atoms in total. The molecule has 146 valence electrons. The Morgan fingerprint density at radius 2 is 1.81 bits per heavy atom. The third kappa shape index (κ3) is 4.29. The Labute approximate surface area is 164 Å². The molecule has 27 heavy (non-hydrogen) atoms. The zero-order valence-electron chi connectivity index (χ0n) is 15.5. The largest absolute Gasteiger partial charge is 0.368 e. The van der Waals surface area contributed by atoms with Gasteiger partial charge in [0, 0.05) is 12.3 Å². The molecule has 3 rings (SSSR count). The van der Waals surface area contributed by atoms with Crippen LogP contribution in [0.4, 0.5) is 0 Å². The number of amides is 3. The van der Waals surface area contributed by atoms with Gasteiger partial charge in [-0.25, -0.2) is 0 Å². The number of hydrogen-bond donors (Lipinski definition) is 2. The number of carbonyl (C=O) groups is 3. The van der Waals surface area contributed by atoms with Crippen molar-refractivity contribution >= 4 is 29.5 Å². The van der Waals surface area contributed by atoms with Crippen molar-refractivity contribution in [2.24, 2.45) is 5.73 Å². The quantitative estimate of drug-likeness (QED) is 0.752. The summed E-state index contributed by atoms with van der Waals surface area (Å²) in [5.41, 5.74) is 5.63. The molecule has 7 heteroatoms. The van der Waals surface area contributed by atoms with Crippen molar-refractivity contribution in [3.05, 3.63) is 35.9 Å². The molecule has 1 aliphatic carbocycles. The minimum atomic E-state index is -0.983. The topological polar surface area (TPSA) is 92.5 Å². The Hall–Kier alpha value is -2.02. The fraction of sp³-hybridized carbons (Fsp3) is 0.550. The first-order chi connectivity index (χ1) is 13.0. The van der Waals surface area contributed by atoms with Crippen LogP contribution in [0.5, 0.6) is 0 Å². The van der Waals surface area contributed by atoms with Crippen molar-refractivity contribution in [1.82, 2.24) is 10.2 Å². The summed E-state index contributed by atoms with van der Waals surface area (Å²) < 4.78 is 0. The zero-order chi connectivity index (χ0) is 19.3. The van der Waals surface area contributed by atoms with Gasteiger partial charge in [0.05, 0.1) is 5.75 Å². The van der Waals surface area contributed by atoms with Crippen molar-refractivity contribution < 1.29 is 14.4 Å². The van der Waals surface area contributed by atoms with Gasteiger partial charge in [-0.05, 0) is 18.4 Å². The second-order valence-corrected chi connectivity index (χ2v) is 8.34. The Kier molecular flexibility index (Phi) is 6.42. The molecule has 0 radical (unpaired) electrons. The van der Waals surface area contributed by atoms with Crippen LogP contribution >= 0.6 is 11.8 Å². The fourth-order valence-corrected chi connectivity index (χ4v) is 5.12. The van der Waals surface area contributed by atoms with Gasteiger partial charge >= 0.3 is 0 Å². The van der Waals surface area contributed by atoms with Crippen LogP contribution < -0.4 is 11.1 Å². The van der Waals surface area contributed by atoms with Crippen LogP contribution in [0.2, 0.25) is 0 Å². The molecule has 0 bridgehead atoms. The molecular weight excluding hydrogens is 362 g/mol. The van der Waals surface area contributed by atoms with Crippen LogP contribution in [0.1, 0.15) is 44.1 Å². The molecule has 1 saturated carbocycles. The van der Waals surface area contributed by atoms with E-state index in [0.29, 0.717) is 25.1 Å². The van der Waals surface area contributed by atoms with Gasteiger partial charge in [0.15, 0.2) is 0 Å². The van der Waals surface area contributed by atoms with E-state index in [1.165, 1.54) is 16.7 Å². The summed E-state index contributed by atoms with van der Waals surface area (Å²) in [5.74, 6) is -0.117. The standard InChI is InChI=1S/C20H27N3O3S/c21-18(25)16-13-27-14-17(24)23(16)20(10-6-1-2-7-11-20)19(26)22-12-15-8-4-3-5-9-15/h3-5,8-9,16H,1-2,6-7,10-14H2,(H2,21,25)(H,22,26)/t16-/m0/s1. The average molecular weight is 390 g/mol. The van der Waals surface area contributed by atoms with Crippen molar-refractivity contribution in [2.75, 3.05) is 11.5 Å². The summed E-state index contributed by atoms with van der Waals surface area (Å²) in [6.45, 7) is 0.402. The molecule has 0 unspecified atom stereocenters. The van der Waals surface area contributed by atoms with E-state index in [1.807, 2.05) is 30.3 Å². The predicted octanol–water partition coefficient (Wildman–Crippen LogP) is 1.83. The second kappa shape index (κ2) is 8.78. The highest BCUT2D eigenvalue weighted by atomic mass is 32.2. The zero-order valence-corrected chi connectivity index (χ0v) is 16.3. The van der Waals surface area contributed by atoms with Crippen LogP contribution in [0, 0.1) is 0 Å². The van der Waals surface area contributed by atoms with Crippen molar-refractivity contribution in [3.8, 4) is 0 Å². The van der Waals surface area contributed by atoms with Gasteiger partial charge in [0.25, 0.3) is 0 Å². The highest BCUT2D eigenvalue weighted by Gasteiger charge is 2.51. The number of nitrogens with two attached hydrogens (primary N) is 1. The third-order valence-electron chi connectivity index (χ3n) is 5.52. The lowest BCUT2D eigenvalue weighted by molar-refractivity contribution is -0.154. The molecule has 3 N–H and O–H groups in total. The smallest absolute Gasteiger partial charge is 0.246 e. The highest BCUT2D eigenvalue weighted by Crippen LogP contribution is 2.37. The molecular formula is C20H27N3O3S. The van der Waals surface area contributed by atoms with E-state index in [2.05, 4.69) is 5.32 Å². The maximum Gasteiger partial charge on any atom is 0.246 e. The van der Waals surface area contributed by atoms with Crippen LogP contribution in [0.25, 0.3) is 0 Å². The van der Waals surface area contributed by atoms with Crippen LogP contribution in [-0.4, -0.2) is 45.7 Å². The molecule has 2 aliphatic rings. The lowest BCUT2D eigenvalue weighted by Gasteiger charge is -2.47.